The summed E-state index contributed by atoms with van der Waals surface area (Å²) < 4.78 is 0. The average Bonchev–Trinajstić information content (AvgIpc) is 2.43. The lowest BCUT2D eigenvalue weighted by Gasteiger charge is -2.39. The maximum Gasteiger partial charge on any atom is 0.313 e. The zero-order valence-corrected chi connectivity index (χ0v) is 13.2. The standard InChI is InChI=1S/C18H23NO3/c1-4-10-18(11-5-12-18)15(20)19-14-8-6-13(7-9-14)17(2,3)16(21)22/h4,6-9H,1,5,10-12H2,2-3H3,(H,19,20)(H,21,22). The molecule has 1 aliphatic carbocycles. The van der Waals surface area contributed by atoms with Crippen molar-refractivity contribution >= 4 is 17.6 Å². The molecule has 1 aromatic carbocycles. The highest BCUT2D eigenvalue weighted by molar-refractivity contribution is 5.96. The molecule has 1 saturated carbocycles. The third kappa shape index (κ3) is 2.91. The molecule has 118 valence electrons. The zero-order valence-electron chi connectivity index (χ0n) is 13.2. The molecule has 0 aromatic heterocycles. The van der Waals surface area contributed by atoms with E-state index in [9.17, 15) is 14.7 Å². The molecule has 0 saturated heterocycles. The monoisotopic (exact) mass is 301 g/mol. The lowest BCUT2D eigenvalue weighted by atomic mass is 9.66. The molecule has 0 unspecified atom stereocenters. The Labute approximate surface area is 131 Å². The van der Waals surface area contributed by atoms with Crippen LogP contribution in [0.5, 0.6) is 0 Å². The minimum Gasteiger partial charge on any atom is -0.481 e. The van der Waals surface area contributed by atoms with Crippen molar-refractivity contribution in [1.29, 1.82) is 0 Å². The van der Waals surface area contributed by atoms with E-state index in [2.05, 4.69) is 11.9 Å². The highest BCUT2D eigenvalue weighted by atomic mass is 16.4. The molecule has 4 heteroatoms. The predicted octanol–water partition coefficient (Wildman–Crippen LogP) is 3.73. The van der Waals surface area contributed by atoms with Crippen LogP contribution in [-0.2, 0) is 15.0 Å². The Hall–Kier alpha value is -2.10. The van der Waals surface area contributed by atoms with Crippen molar-refractivity contribution in [2.45, 2.75) is 44.9 Å². The van der Waals surface area contributed by atoms with Gasteiger partial charge in [0.25, 0.3) is 0 Å². The number of rotatable bonds is 6. The maximum atomic E-state index is 12.4. The molecular formula is C18H23NO3. The number of aliphatic carboxylic acids is 1. The van der Waals surface area contributed by atoms with E-state index in [1.807, 2.05) is 0 Å². The maximum absolute atomic E-state index is 12.4. The van der Waals surface area contributed by atoms with Crippen molar-refractivity contribution in [2.24, 2.45) is 5.41 Å². The molecule has 0 bridgehead atoms. The van der Waals surface area contributed by atoms with Crippen LogP contribution < -0.4 is 5.32 Å². The smallest absolute Gasteiger partial charge is 0.313 e. The van der Waals surface area contributed by atoms with Crippen LogP contribution in [0.2, 0.25) is 0 Å². The molecule has 1 amide bonds. The van der Waals surface area contributed by atoms with Gasteiger partial charge in [0.15, 0.2) is 0 Å². The fourth-order valence-corrected chi connectivity index (χ4v) is 2.76. The molecule has 0 heterocycles. The topological polar surface area (TPSA) is 66.4 Å². The summed E-state index contributed by atoms with van der Waals surface area (Å²) in [5, 5.41) is 12.2. The fourth-order valence-electron chi connectivity index (χ4n) is 2.76. The van der Waals surface area contributed by atoms with Gasteiger partial charge in [-0.3, -0.25) is 9.59 Å². The van der Waals surface area contributed by atoms with Crippen LogP contribution >= 0.6 is 0 Å². The SMILES string of the molecule is C=CCC1(C(=O)Nc2ccc(C(C)(C)C(=O)O)cc2)CCC1. The average molecular weight is 301 g/mol. The van der Waals surface area contributed by atoms with E-state index in [1.165, 1.54) is 0 Å². The molecule has 1 aromatic rings. The van der Waals surface area contributed by atoms with Crippen molar-refractivity contribution in [3.8, 4) is 0 Å². The molecule has 0 atom stereocenters. The highest BCUT2D eigenvalue weighted by Gasteiger charge is 2.42. The van der Waals surface area contributed by atoms with Crippen LogP contribution in [0.1, 0.15) is 45.1 Å². The Bertz CT molecular complexity index is 583. The number of carboxylic acids is 1. The quantitative estimate of drug-likeness (QED) is 0.787. The van der Waals surface area contributed by atoms with Gasteiger partial charge in [-0.25, -0.2) is 0 Å². The van der Waals surface area contributed by atoms with Crippen LogP contribution in [0.25, 0.3) is 0 Å². The first-order valence-corrected chi connectivity index (χ1v) is 7.58. The molecule has 22 heavy (non-hydrogen) atoms. The molecule has 4 nitrogen and oxygen atoms in total. The van der Waals surface area contributed by atoms with Crippen LogP contribution in [0.15, 0.2) is 36.9 Å². The van der Waals surface area contributed by atoms with E-state index < -0.39 is 11.4 Å². The van der Waals surface area contributed by atoms with Gasteiger partial charge in [-0.1, -0.05) is 24.6 Å². The van der Waals surface area contributed by atoms with E-state index in [0.717, 1.165) is 19.3 Å². The number of hydrogen-bond donors (Lipinski definition) is 2. The number of anilines is 1. The van der Waals surface area contributed by atoms with E-state index in [4.69, 9.17) is 0 Å². The molecule has 2 N–H and O–H groups in total. The Morgan fingerprint density at radius 3 is 2.32 bits per heavy atom. The summed E-state index contributed by atoms with van der Waals surface area (Å²) in [5.41, 5.74) is 0.161. The van der Waals surface area contributed by atoms with Gasteiger partial charge in [0, 0.05) is 5.69 Å². The Balaban J connectivity index is 2.10. The normalized spacial score (nSPS) is 16.5. The second-order valence-corrected chi connectivity index (χ2v) is 6.59. The second kappa shape index (κ2) is 5.95. The first-order chi connectivity index (χ1) is 10.3. The van der Waals surface area contributed by atoms with Gasteiger partial charge in [-0.05, 0) is 50.8 Å². The molecular weight excluding hydrogens is 278 g/mol. The highest BCUT2D eigenvalue weighted by Crippen LogP contribution is 2.45. The van der Waals surface area contributed by atoms with Gasteiger partial charge in [0.2, 0.25) is 5.91 Å². The summed E-state index contributed by atoms with van der Waals surface area (Å²) in [5.74, 6) is -0.840. The molecule has 0 aliphatic heterocycles. The molecule has 2 rings (SSSR count). The van der Waals surface area contributed by atoms with Crippen LogP contribution in [-0.4, -0.2) is 17.0 Å². The molecule has 1 fully saturated rings. The van der Waals surface area contributed by atoms with Crippen molar-refractivity contribution < 1.29 is 14.7 Å². The van der Waals surface area contributed by atoms with Crippen molar-refractivity contribution in [1.82, 2.24) is 0 Å². The van der Waals surface area contributed by atoms with Gasteiger partial charge in [-0.15, -0.1) is 6.58 Å². The zero-order chi connectivity index (χ0) is 16.4. The van der Waals surface area contributed by atoms with E-state index >= 15 is 0 Å². The number of amides is 1. The summed E-state index contributed by atoms with van der Waals surface area (Å²) in [7, 11) is 0. The van der Waals surface area contributed by atoms with Crippen LogP contribution in [0, 0.1) is 5.41 Å². The Morgan fingerprint density at radius 1 is 1.32 bits per heavy atom. The molecule has 0 spiro atoms. The van der Waals surface area contributed by atoms with Crippen LogP contribution in [0.3, 0.4) is 0 Å². The minimum atomic E-state index is -0.944. The largest absolute Gasteiger partial charge is 0.481 e. The van der Waals surface area contributed by atoms with Crippen molar-refractivity contribution in [3.63, 3.8) is 0 Å². The minimum absolute atomic E-state index is 0.0314. The lowest BCUT2D eigenvalue weighted by Crippen LogP contribution is -2.41. The van der Waals surface area contributed by atoms with Gasteiger partial charge in [0.05, 0.1) is 10.8 Å². The number of carbonyl (C=O) groups excluding carboxylic acids is 1. The predicted molar refractivity (Wildman–Crippen MR) is 86.8 cm³/mol. The summed E-state index contributed by atoms with van der Waals surface area (Å²) in [6, 6.07) is 7.03. The summed E-state index contributed by atoms with van der Waals surface area (Å²) in [4.78, 5) is 23.7. The second-order valence-electron chi connectivity index (χ2n) is 6.59. The fraction of sp³-hybridized carbons (Fsp3) is 0.444. The Morgan fingerprint density at radius 2 is 1.91 bits per heavy atom. The van der Waals surface area contributed by atoms with Crippen LogP contribution in [0.4, 0.5) is 5.69 Å². The summed E-state index contributed by atoms with van der Waals surface area (Å²) in [6.45, 7) is 7.06. The summed E-state index contributed by atoms with van der Waals surface area (Å²) in [6.07, 6.45) is 5.37. The Kier molecular flexibility index (Phi) is 4.40. The van der Waals surface area contributed by atoms with Gasteiger partial charge in [0.1, 0.15) is 0 Å². The van der Waals surface area contributed by atoms with Gasteiger partial charge in [-0.2, -0.15) is 0 Å². The third-order valence-electron chi connectivity index (χ3n) is 4.73. The van der Waals surface area contributed by atoms with Gasteiger partial charge >= 0.3 is 5.97 Å². The molecule has 1 aliphatic rings. The van der Waals surface area contributed by atoms with Crippen molar-refractivity contribution in [2.75, 3.05) is 5.32 Å². The number of nitrogens with one attached hydrogen (secondary N) is 1. The molecule has 0 radical (unpaired) electrons. The van der Waals surface area contributed by atoms with Crippen molar-refractivity contribution in [3.05, 3.63) is 42.5 Å². The first kappa shape index (κ1) is 16.3. The number of carboxylic acid groups (broad SMARTS) is 1. The first-order valence-electron chi connectivity index (χ1n) is 7.58. The van der Waals surface area contributed by atoms with Gasteiger partial charge < -0.3 is 10.4 Å². The number of benzene rings is 1. The summed E-state index contributed by atoms with van der Waals surface area (Å²) >= 11 is 0. The number of carbonyl (C=O) groups is 2. The van der Waals surface area contributed by atoms with E-state index in [0.29, 0.717) is 17.7 Å². The van der Waals surface area contributed by atoms with E-state index in [-0.39, 0.29) is 11.3 Å². The number of hydrogen-bond acceptors (Lipinski definition) is 2. The number of allylic oxidation sites excluding steroid dienone is 1. The third-order valence-corrected chi connectivity index (χ3v) is 4.73. The van der Waals surface area contributed by atoms with E-state index in [1.54, 1.807) is 44.2 Å². The lowest BCUT2D eigenvalue weighted by molar-refractivity contribution is -0.142.